The second-order valence-electron chi connectivity index (χ2n) is 7.31. The van der Waals surface area contributed by atoms with Crippen LogP contribution in [0.4, 0.5) is 13.2 Å². The first-order valence-corrected chi connectivity index (χ1v) is 9.83. The first-order valence-electron chi connectivity index (χ1n) is 9.83. The lowest BCUT2D eigenvalue weighted by atomic mass is 9.90. The normalized spacial score (nSPS) is 16.2. The minimum absolute atomic E-state index is 0.000623. The Hall–Kier alpha value is -2.57. The second-order valence-corrected chi connectivity index (χ2v) is 7.31. The van der Waals surface area contributed by atoms with Gasteiger partial charge in [-0.15, -0.1) is 0 Å². The number of fused-ring (bicyclic) bond motifs is 1. The quantitative estimate of drug-likeness (QED) is 0.607. The van der Waals surface area contributed by atoms with Gasteiger partial charge in [0, 0.05) is 12.6 Å². The van der Waals surface area contributed by atoms with Gasteiger partial charge in [0.05, 0.1) is 18.3 Å². The number of pyridine rings is 1. The number of hydrogen-bond donors (Lipinski definition) is 0. The highest BCUT2D eigenvalue weighted by atomic mass is 19.4. The standard InChI is InChI=1S/C22H25F3N2O2/c1-16-7-2-3-11-19(16)29-14-6-12-20(28)27(15-22(23,24)25)18-10-4-8-17-9-5-13-26-21(17)18/h2-3,5,7,9,11,13,18H,4,6,8,10,12,14-15H2,1H3/t18-/m1/s1. The third kappa shape index (κ3) is 5.71. The van der Waals surface area contributed by atoms with E-state index in [1.54, 1.807) is 12.3 Å². The summed E-state index contributed by atoms with van der Waals surface area (Å²) in [6, 6.07) is 10.5. The Bertz CT molecular complexity index is 839. The Kier molecular flexibility index (Phi) is 6.77. The number of halogens is 3. The Labute approximate surface area is 168 Å². The van der Waals surface area contributed by atoms with Crippen LogP contribution >= 0.6 is 0 Å². The zero-order valence-electron chi connectivity index (χ0n) is 16.4. The number of ether oxygens (including phenoxy) is 1. The van der Waals surface area contributed by atoms with Gasteiger partial charge in [-0.2, -0.15) is 13.2 Å². The first-order chi connectivity index (χ1) is 13.8. The monoisotopic (exact) mass is 406 g/mol. The van der Waals surface area contributed by atoms with Gasteiger partial charge in [0.2, 0.25) is 5.91 Å². The molecule has 1 aliphatic rings. The molecular weight excluding hydrogens is 381 g/mol. The van der Waals surface area contributed by atoms with Crippen molar-refractivity contribution in [3.63, 3.8) is 0 Å². The number of amides is 1. The number of aromatic nitrogens is 1. The van der Waals surface area contributed by atoms with Gasteiger partial charge >= 0.3 is 6.18 Å². The van der Waals surface area contributed by atoms with Crippen molar-refractivity contribution in [2.75, 3.05) is 13.2 Å². The van der Waals surface area contributed by atoms with Gasteiger partial charge in [-0.25, -0.2) is 0 Å². The van der Waals surface area contributed by atoms with Crippen molar-refractivity contribution in [2.45, 2.75) is 51.2 Å². The molecule has 29 heavy (non-hydrogen) atoms. The smallest absolute Gasteiger partial charge is 0.406 e. The topological polar surface area (TPSA) is 42.4 Å². The van der Waals surface area contributed by atoms with Gasteiger partial charge in [-0.3, -0.25) is 9.78 Å². The third-order valence-electron chi connectivity index (χ3n) is 5.10. The number of para-hydroxylation sites is 1. The predicted molar refractivity (Wildman–Crippen MR) is 104 cm³/mol. The number of carbonyl (C=O) groups excluding carboxylic acids is 1. The number of aryl methyl sites for hydroxylation is 2. The number of carbonyl (C=O) groups is 1. The van der Waals surface area contributed by atoms with Crippen LogP contribution in [0.25, 0.3) is 0 Å². The molecule has 3 rings (SSSR count). The van der Waals surface area contributed by atoms with Crippen molar-refractivity contribution in [3.05, 3.63) is 59.4 Å². The molecule has 1 aromatic carbocycles. The zero-order chi connectivity index (χ0) is 20.9. The van der Waals surface area contributed by atoms with E-state index >= 15 is 0 Å². The molecule has 1 aromatic heterocycles. The van der Waals surface area contributed by atoms with E-state index in [0.29, 0.717) is 18.5 Å². The maximum absolute atomic E-state index is 13.2. The number of hydrogen-bond acceptors (Lipinski definition) is 3. The number of nitrogens with zero attached hydrogens (tertiary/aromatic N) is 2. The fourth-order valence-corrected chi connectivity index (χ4v) is 3.72. The van der Waals surface area contributed by atoms with Gasteiger partial charge < -0.3 is 9.64 Å². The molecule has 1 aliphatic carbocycles. The van der Waals surface area contributed by atoms with Crippen LogP contribution < -0.4 is 4.74 Å². The molecule has 0 saturated heterocycles. The molecule has 0 spiro atoms. The SMILES string of the molecule is Cc1ccccc1OCCCC(=O)N(CC(F)(F)F)[C@@H]1CCCc2cccnc21. The summed E-state index contributed by atoms with van der Waals surface area (Å²) >= 11 is 0. The summed E-state index contributed by atoms with van der Waals surface area (Å²) in [4.78, 5) is 18.0. The van der Waals surface area contributed by atoms with Crippen LogP contribution in [0.3, 0.4) is 0 Å². The van der Waals surface area contributed by atoms with Crippen LogP contribution in [0.5, 0.6) is 5.75 Å². The summed E-state index contributed by atoms with van der Waals surface area (Å²) in [6.07, 6.45) is -0.530. The Balaban J connectivity index is 1.66. The van der Waals surface area contributed by atoms with E-state index in [4.69, 9.17) is 4.74 Å². The first kappa shape index (κ1) is 21.1. The fraction of sp³-hybridized carbons (Fsp3) is 0.455. The Morgan fingerprint density at radius 1 is 1.24 bits per heavy atom. The Morgan fingerprint density at radius 2 is 2.03 bits per heavy atom. The van der Waals surface area contributed by atoms with Crippen LogP contribution in [0.15, 0.2) is 42.6 Å². The lowest BCUT2D eigenvalue weighted by Gasteiger charge is -2.35. The molecule has 1 atom stereocenters. The van der Waals surface area contributed by atoms with E-state index < -0.39 is 24.7 Å². The average molecular weight is 406 g/mol. The van der Waals surface area contributed by atoms with Crippen LogP contribution in [-0.4, -0.2) is 35.1 Å². The van der Waals surface area contributed by atoms with Crippen molar-refractivity contribution in [1.82, 2.24) is 9.88 Å². The molecular formula is C22H25F3N2O2. The minimum atomic E-state index is -4.46. The van der Waals surface area contributed by atoms with E-state index in [2.05, 4.69) is 4.98 Å². The largest absolute Gasteiger partial charge is 0.493 e. The van der Waals surface area contributed by atoms with Gasteiger partial charge in [0.15, 0.2) is 0 Å². The molecule has 0 unspecified atom stereocenters. The summed E-state index contributed by atoms with van der Waals surface area (Å²) in [6.45, 7) is 0.931. The lowest BCUT2D eigenvalue weighted by Crippen LogP contribution is -2.43. The third-order valence-corrected chi connectivity index (χ3v) is 5.10. The molecule has 7 heteroatoms. The van der Waals surface area contributed by atoms with Crippen LogP contribution in [0.1, 0.15) is 48.5 Å². The van der Waals surface area contributed by atoms with Crippen LogP contribution in [0.2, 0.25) is 0 Å². The van der Waals surface area contributed by atoms with Crippen molar-refractivity contribution in [1.29, 1.82) is 0 Å². The highest BCUT2D eigenvalue weighted by Crippen LogP contribution is 2.35. The van der Waals surface area contributed by atoms with E-state index in [9.17, 15) is 18.0 Å². The van der Waals surface area contributed by atoms with Gasteiger partial charge in [-0.05, 0) is 55.9 Å². The molecule has 0 saturated carbocycles. The molecule has 2 aromatic rings. The molecule has 0 bridgehead atoms. The van der Waals surface area contributed by atoms with E-state index in [0.717, 1.165) is 34.6 Å². The van der Waals surface area contributed by atoms with Gasteiger partial charge in [0.1, 0.15) is 12.3 Å². The van der Waals surface area contributed by atoms with Crippen LogP contribution in [0, 0.1) is 6.92 Å². The zero-order valence-corrected chi connectivity index (χ0v) is 16.4. The predicted octanol–water partition coefficient (Wildman–Crippen LogP) is 5.02. The maximum Gasteiger partial charge on any atom is 0.406 e. The lowest BCUT2D eigenvalue weighted by molar-refractivity contribution is -0.167. The van der Waals surface area contributed by atoms with Gasteiger partial charge in [-0.1, -0.05) is 24.3 Å². The van der Waals surface area contributed by atoms with Crippen LogP contribution in [-0.2, 0) is 11.2 Å². The highest BCUT2D eigenvalue weighted by Gasteiger charge is 2.38. The minimum Gasteiger partial charge on any atom is -0.493 e. The molecule has 0 fully saturated rings. The average Bonchev–Trinajstić information content (AvgIpc) is 2.69. The van der Waals surface area contributed by atoms with Gasteiger partial charge in [0.25, 0.3) is 0 Å². The van der Waals surface area contributed by atoms with E-state index in [-0.39, 0.29) is 13.0 Å². The molecule has 1 amide bonds. The molecule has 1 heterocycles. The van der Waals surface area contributed by atoms with Crippen molar-refractivity contribution in [2.24, 2.45) is 0 Å². The second kappa shape index (κ2) is 9.29. The molecule has 0 radical (unpaired) electrons. The number of benzene rings is 1. The van der Waals surface area contributed by atoms with Crippen molar-refractivity contribution < 1.29 is 22.7 Å². The molecule has 0 N–H and O–H groups in total. The molecule has 4 nitrogen and oxygen atoms in total. The molecule has 0 aliphatic heterocycles. The van der Waals surface area contributed by atoms with E-state index in [1.807, 2.05) is 37.3 Å². The van der Waals surface area contributed by atoms with Crippen molar-refractivity contribution in [3.8, 4) is 5.75 Å². The molecule has 156 valence electrons. The highest BCUT2D eigenvalue weighted by molar-refractivity contribution is 5.76. The number of rotatable bonds is 7. The summed E-state index contributed by atoms with van der Waals surface area (Å²) in [5.74, 6) is 0.205. The van der Waals surface area contributed by atoms with E-state index in [1.165, 1.54) is 0 Å². The Morgan fingerprint density at radius 3 is 2.79 bits per heavy atom. The number of alkyl halides is 3. The van der Waals surface area contributed by atoms with Crippen molar-refractivity contribution >= 4 is 5.91 Å². The summed E-state index contributed by atoms with van der Waals surface area (Å²) in [5, 5.41) is 0. The maximum atomic E-state index is 13.2. The summed E-state index contributed by atoms with van der Waals surface area (Å²) < 4.78 is 45.3. The fourth-order valence-electron chi connectivity index (χ4n) is 3.72. The summed E-state index contributed by atoms with van der Waals surface area (Å²) in [7, 11) is 0. The summed E-state index contributed by atoms with van der Waals surface area (Å²) in [5.41, 5.74) is 2.49.